The van der Waals surface area contributed by atoms with Crippen LogP contribution in [-0.2, 0) is 22.2 Å². The van der Waals surface area contributed by atoms with Gasteiger partial charge in [-0.25, -0.2) is 14.8 Å². The molecule has 0 bridgehead atoms. The van der Waals surface area contributed by atoms with E-state index in [0.717, 1.165) is 22.0 Å². The van der Waals surface area contributed by atoms with Gasteiger partial charge in [-0.15, -0.1) is 0 Å². The first kappa shape index (κ1) is 29.8. The summed E-state index contributed by atoms with van der Waals surface area (Å²) in [5, 5.41) is 19.7. The molecule has 1 N–H and O–H groups in total. The molecule has 12 nitrogen and oxygen atoms in total. The molecule has 1 amide bonds. The van der Waals surface area contributed by atoms with Crippen LogP contribution in [0.4, 0.5) is 23.8 Å². The molecule has 15 heteroatoms. The molecule has 0 aromatic carbocycles. The van der Waals surface area contributed by atoms with Gasteiger partial charge in [0.15, 0.2) is 17.2 Å². The van der Waals surface area contributed by atoms with Crippen LogP contribution in [0.3, 0.4) is 0 Å². The average molecular weight is 616 g/mol. The minimum Gasteiger partial charge on any atom is -0.488 e. The number of carbonyl (C=O) groups is 1. The molecule has 5 heterocycles. The zero-order valence-corrected chi connectivity index (χ0v) is 24.4. The summed E-state index contributed by atoms with van der Waals surface area (Å²) in [5.41, 5.74) is 1.04. The number of hydrogen-bond donors (Lipinski definition) is 1. The third-order valence-electron chi connectivity index (χ3n) is 7.90. The number of carboxylic acid groups (broad SMARTS) is 1. The Bertz CT molecular complexity index is 1660. The van der Waals surface area contributed by atoms with Crippen LogP contribution in [0.25, 0.3) is 22.2 Å². The molecule has 4 aromatic rings. The Labute approximate surface area is 250 Å². The molecule has 234 valence electrons. The van der Waals surface area contributed by atoms with Crippen LogP contribution in [0.5, 0.6) is 5.75 Å². The van der Waals surface area contributed by atoms with Crippen LogP contribution in [-0.4, -0.2) is 72.4 Å². The van der Waals surface area contributed by atoms with Crippen molar-refractivity contribution in [3.8, 4) is 17.0 Å². The van der Waals surface area contributed by atoms with E-state index in [4.69, 9.17) is 19.3 Å². The van der Waals surface area contributed by atoms with Crippen LogP contribution >= 0.6 is 0 Å². The zero-order valence-electron chi connectivity index (χ0n) is 24.4. The summed E-state index contributed by atoms with van der Waals surface area (Å²) >= 11 is 0. The SMILES string of the molecule is CN(C(=O)O)c1cc2c(cn1)c(-c1cnn(CC3COC(C)(C)O3)c1)nn2C1CCC(Oc2cccnc2C(F)(F)F)CC1. The van der Waals surface area contributed by atoms with E-state index in [9.17, 15) is 23.1 Å². The fourth-order valence-electron chi connectivity index (χ4n) is 5.73. The lowest BCUT2D eigenvalue weighted by atomic mass is 9.93. The second kappa shape index (κ2) is 11.4. The number of amides is 1. The van der Waals surface area contributed by atoms with E-state index in [0.29, 0.717) is 50.0 Å². The first-order chi connectivity index (χ1) is 20.9. The number of nitrogens with zero attached hydrogens (tertiary/aromatic N) is 7. The van der Waals surface area contributed by atoms with Gasteiger partial charge in [0, 0.05) is 42.7 Å². The molecular weight excluding hydrogens is 583 g/mol. The first-order valence-electron chi connectivity index (χ1n) is 14.3. The molecule has 2 fully saturated rings. The van der Waals surface area contributed by atoms with E-state index in [1.165, 1.54) is 19.2 Å². The lowest BCUT2D eigenvalue weighted by Gasteiger charge is -2.30. The van der Waals surface area contributed by atoms with Crippen molar-refractivity contribution < 1.29 is 37.3 Å². The van der Waals surface area contributed by atoms with Crippen LogP contribution in [0.2, 0.25) is 0 Å². The molecule has 1 atom stereocenters. The van der Waals surface area contributed by atoms with Crippen molar-refractivity contribution in [2.75, 3.05) is 18.6 Å². The van der Waals surface area contributed by atoms with Gasteiger partial charge in [0.05, 0.1) is 37.0 Å². The van der Waals surface area contributed by atoms with Gasteiger partial charge in [-0.05, 0) is 51.7 Å². The molecule has 6 rings (SSSR count). The second-order valence-electron chi connectivity index (χ2n) is 11.5. The maximum atomic E-state index is 13.4. The number of anilines is 1. The van der Waals surface area contributed by atoms with Crippen molar-refractivity contribution in [1.82, 2.24) is 29.5 Å². The van der Waals surface area contributed by atoms with Gasteiger partial charge in [-0.1, -0.05) is 0 Å². The normalized spacial score (nSPS) is 21.9. The summed E-state index contributed by atoms with van der Waals surface area (Å²) in [6.07, 6.45) is 2.11. The smallest absolute Gasteiger partial charge is 0.437 e. The average Bonchev–Trinajstić information content (AvgIpc) is 3.69. The highest BCUT2D eigenvalue weighted by Gasteiger charge is 2.37. The van der Waals surface area contributed by atoms with Gasteiger partial charge in [-0.2, -0.15) is 23.4 Å². The Morgan fingerprint density at radius 1 is 1.20 bits per heavy atom. The van der Waals surface area contributed by atoms with E-state index in [1.807, 2.05) is 24.7 Å². The zero-order chi connectivity index (χ0) is 31.2. The van der Waals surface area contributed by atoms with Crippen molar-refractivity contribution >= 4 is 22.8 Å². The van der Waals surface area contributed by atoms with Gasteiger partial charge in [0.2, 0.25) is 0 Å². The first-order valence-corrected chi connectivity index (χ1v) is 14.3. The van der Waals surface area contributed by atoms with E-state index < -0.39 is 29.9 Å². The fraction of sp³-hybridized carbons (Fsp3) is 0.483. The largest absolute Gasteiger partial charge is 0.488 e. The van der Waals surface area contributed by atoms with Gasteiger partial charge < -0.3 is 19.3 Å². The third kappa shape index (κ3) is 6.06. The number of rotatable bonds is 7. The molecule has 1 unspecified atom stereocenters. The van der Waals surface area contributed by atoms with Gasteiger partial charge >= 0.3 is 12.3 Å². The summed E-state index contributed by atoms with van der Waals surface area (Å²) in [6.45, 7) is 4.67. The topological polar surface area (TPSA) is 130 Å². The van der Waals surface area contributed by atoms with E-state index >= 15 is 0 Å². The highest BCUT2D eigenvalue weighted by Crippen LogP contribution is 2.39. The predicted molar refractivity (Wildman–Crippen MR) is 151 cm³/mol. The highest BCUT2D eigenvalue weighted by atomic mass is 19.4. The quantitative estimate of drug-likeness (QED) is 0.285. The number of ether oxygens (including phenoxy) is 3. The summed E-state index contributed by atoms with van der Waals surface area (Å²) in [5.74, 6) is -0.689. The fourth-order valence-corrected chi connectivity index (χ4v) is 5.73. The minimum atomic E-state index is -4.62. The Hall–Kier alpha value is -4.24. The maximum absolute atomic E-state index is 13.4. The van der Waals surface area contributed by atoms with Gasteiger partial charge in [-0.3, -0.25) is 14.3 Å². The highest BCUT2D eigenvalue weighted by molar-refractivity contribution is 5.95. The van der Waals surface area contributed by atoms with Crippen LogP contribution < -0.4 is 9.64 Å². The third-order valence-corrected chi connectivity index (χ3v) is 7.90. The van der Waals surface area contributed by atoms with E-state index in [-0.39, 0.29) is 23.7 Å². The van der Waals surface area contributed by atoms with Gasteiger partial charge in [0.25, 0.3) is 0 Å². The number of aromatic nitrogens is 6. The predicted octanol–water partition coefficient (Wildman–Crippen LogP) is 5.54. The van der Waals surface area contributed by atoms with Crippen molar-refractivity contribution in [1.29, 1.82) is 0 Å². The standard InChI is InChI=1S/C29H32F3N7O5/c1-28(2)42-16-20(44-28)15-38-14-17(12-35-38)25-21-13-34-24(37(3)27(40)41)11-22(21)39(36-25)18-6-8-19(9-7-18)43-23-5-4-10-33-26(23)29(30,31)32/h4-5,10-14,18-20H,6-9,15-16H2,1-3H3,(H,40,41). The van der Waals surface area contributed by atoms with Crippen molar-refractivity contribution in [2.45, 2.75) is 76.3 Å². The monoisotopic (exact) mass is 615 g/mol. The lowest BCUT2D eigenvalue weighted by Crippen LogP contribution is -2.27. The maximum Gasteiger partial charge on any atom is 0.437 e. The molecule has 1 saturated carbocycles. The van der Waals surface area contributed by atoms with Crippen LogP contribution in [0, 0.1) is 0 Å². The Kier molecular flexibility index (Phi) is 7.70. The van der Waals surface area contributed by atoms with Crippen molar-refractivity contribution in [2.24, 2.45) is 0 Å². The minimum absolute atomic E-state index is 0.103. The molecule has 44 heavy (non-hydrogen) atoms. The van der Waals surface area contributed by atoms with E-state index in [2.05, 4.69) is 15.1 Å². The van der Waals surface area contributed by atoms with Crippen LogP contribution in [0.1, 0.15) is 51.3 Å². The number of pyridine rings is 2. The Balaban J connectivity index is 1.26. The lowest BCUT2D eigenvalue weighted by molar-refractivity contribution is -0.143. The Morgan fingerprint density at radius 2 is 1.98 bits per heavy atom. The summed E-state index contributed by atoms with van der Waals surface area (Å²) < 4.78 is 61.3. The molecule has 0 radical (unpaired) electrons. The van der Waals surface area contributed by atoms with Crippen LogP contribution in [0.15, 0.2) is 43.0 Å². The number of halogens is 3. The van der Waals surface area contributed by atoms with E-state index in [1.54, 1.807) is 23.1 Å². The number of hydrogen-bond acceptors (Lipinski definition) is 8. The molecule has 0 spiro atoms. The molecule has 2 aliphatic rings. The van der Waals surface area contributed by atoms with Crippen molar-refractivity contribution in [3.05, 3.63) is 48.7 Å². The second-order valence-corrected chi connectivity index (χ2v) is 11.5. The molecule has 1 aliphatic carbocycles. The number of alkyl halides is 3. The number of fused-ring (bicyclic) bond motifs is 1. The van der Waals surface area contributed by atoms with Crippen molar-refractivity contribution in [3.63, 3.8) is 0 Å². The molecule has 1 saturated heterocycles. The Morgan fingerprint density at radius 3 is 2.66 bits per heavy atom. The summed E-state index contributed by atoms with van der Waals surface area (Å²) in [6, 6.07) is 4.29. The molecule has 1 aliphatic heterocycles. The van der Waals surface area contributed by atoms with Gasteiger partial charge in [0.1, 0.15) is 17.6 Å². The summed E-state index contributed by atoms with van der Waals surface area (Å²) in [7, 11) is 1.41. The summed E-state index contributed by atoms with van der Waals surface area (Å²) in [4.78, 5) is 20.5. The molecule has 4 aromatic heterocycles. The molecular formula is C29H32F3N7O5.